The van der Waals surface area contributed by atoms with Gasteiger partial charge in [-0.3, -0.25) is 9.59 Å². The molecule has 0 spiro atoms. The average Bonchev–Trinajstić information content (AvgIpc) is 2.77. The molecule has 0 atom stereocenters. The Morgan fingerprint density at radius 2 is 2.00 bits per heavy atom. The summed E-state index contributed by atoms with van der Waals surface area (Å²) in [6, 6.07) is 7.84. The third-order valence-electron chi connectivity index (χ3n) is 4.93. The third-order valence-corrected chi connectivity index (χ3v) is 4.93. The Morgan fingerprint density at radius 1 is 1.24 bits per heavy atom. The topological polar surface area (TPSA) is 87.8 Å². The van der Waals surface area contributed by atoms with Crippen molar-refractivity contribution in [2.24, 2.45) is 0 Å². The molecule has 8 nitrogen and oxygen atoms in total. The van der Waals surface area contributed by atoms with Gasteiger partial charge in [0, 0.05) is 37.9 Å². The van der Waals surface area contributed by atoms with Gasteiger partial charge in [-0.15, -0.1) is 6.58 Å². The largest absolute Gasteiger partial charge is 0.497 e. The number of hydrogen-bond acceptors (Lipinski definition) is 6. The lowest BCUT2D eigenvalue weighted by molar-refractivity contribution is 0.0735. The summed E-state index contributed by atoms with van der Waals surface area (Å²) in [6.45, 7) is 6.06. The molecule has 154 valence electrons. The van der Waals surface area contributed by atoms with Gasteiger partial charge in [-0.05, 0) is 25.0 Å². The Balaban J connectivity index is 1.72. The molecule has 1 aromatic heterocycles. The van der Waals surface area contributed by atoms with Crippen LogP contribution in [0.1, 0.15) is 22.6 Å². The number of rotatable bonds is 7. The van der Waals surface area contributed by atoms with Crippen LogP contribution in [0, 0.1) is 0 Å². The number of carbonyl (C=O) groups is 1. The summed E-state index contributed by atoms with van der Waals surface area (Å²) in [4.78, 5) is 36.1. The first-order chi connectivity index (χ1) is 14.1. The fourth-order valence-electron chi connectivity index (χ4n) is 3.30. The Hall–Kier alpha value is -3.29. The van der Waals surface area contributed by atoms with Crippen molar-refractivity contribution in [2.45, 2.75) is 12.8 Å². The van der Waals surface area contributed by atoms with Crippen molar-refractivity contribution in [1.82, 2.24) is 14.9 Å². The lowest BCUT2D eigenvalue weighted by Gasteiger charge is -2.36. The minimum Gasteiger partial charge on any atom is -0.497 e. The number of hydrogen-bond donors (Lipinski definition) is 1. The second-order valence-corrected chi connectivity index (χ2v) is 6.70. The summed E-state index contributed by atoms with van der Waals surface area (Å²) in [5.41, 5.74) is 1.11. The maximum Gasteiger partial charge on any atom is 0.276 e. The Bertz CT molecular complexity index is 933. The molecular weight excluding hydrogens is 372 g/mol. The standard InChI is InChI=1S/C21H26N4O4/c1-4-5-9-17-19(26)23-18(20(22-17)29-3)21(27)25-12-10-24(11-13-25)15-7-6-8-16(14-15)28-2/h4,6-8,14H,1,5,9-13H2,2-3H3,(H,23,26). The second-order valence-electron chi connectivity index (χ2n) is 6.70. The number of aromatic nitrogens is 2. The Morgan fingerprint density at radius 3 is 2.66 bits per heavy atom. The molecular formula is C21H26N4O4. The van der Waals surface area contributed by atoms with E-state index in [0.29, 0.717) is 44.7 Å². The molecule has 1 N–H and O–H groups in total. The molecule has 1 aliphatic heterocycles. The molecule has 2 heterocycles. The van der Waals surface area contributed by atoms with Gasteiger partial charge in [-0.25, -0.2) is 4.98 Å². The average molecular weight is 398 g/mol. The number of nitrogens with one attached hydrogen (secondary N) is 1. The van der Waals surface area contributed by atoms with E-state index in [9.17, 15) is 9.59 Å². The van der Waals surface area contributed by atoms with Crippen LogP contribution in [0.3, 0.4) is 0 Å². The van der Waals surface area contributed by atoms with Crippen molar-refractivity contribution < 1.29 is 14.3 Å². The summed E-state index contributed by atoms with van der Waals surface area (Å²) >= 11 is 0. The molecule has 0 radical (unpaired) electrons. The van der Waals surface area contributed by atoms with Gasteiger partial charge in [-0.1, -0.05) is 12.1 Å². The minimum atomic E-state index is -0.369. The summed E-state index contributed by atoms with van der Waals surface area (Å²) in [5, 5.41) is 0. The van der Waals surface area contributed by atoms with E-state index in [4.69, 9.17) is 9.47 Å². The zero-order valence-electron chi connectivity index (χ0n) is 16.8. The van der Waals surface area contributed by atoms with E-state index in [-0.39, 0.29) is 23.0 Å². The van der Waals surface area contributed by atoms with Crippen LogP contribution in [-0.2, 0) is 6.42 Å². The zero-order chi connectivity index (χ0) is 20.8. The monoisotopic (exact) mass is 398 g/mol. The fourth-order valence-corrected chi connectivity index (χ4v) is 3.30. The number of H-pyrrole nitrogens is 1. The van der Waals surface area contributed by atoms with Crippen LogP contribution >= 0.6 is 0 Å². The van der Waals surface area contributed by atoms with Crippen molar-refractivity contribution in [2.75, 3.05) is 45.3 Å². The number of ether oxygens (including phenoxy) is 2. The third kappa shape index (κ3) is 4.59. The number of methoxy groups -OCH3 is 2. The van der Waals surface area contributed by atoms with Crippen LogP contribution in [0.15, 0.2) is 41.7 Å². The minimum absolute atomic E-state index is 0.0923. The van der Waals surface area contributed by atoms with E-state index in [1.165, 1.54) is 7.11 Å². The van der Waals surface area contributed by atoms with Crippen LogP contribution in [0.2, 0.25) is 0 Å². The van der Waals surface area contributed by atoms with Gasteiger partial charge < -0.3 is 24.3 Å². The molecule has 1 saturated heterocycles. The van der Waals surface area contributed by atoms with Gasteiger partial charge >= 0.3 is 0 Å². The van der Waals surface area contributed by atoms with Crippen molar-refractivity contribution >= 4 is 11.6 Å². The first-order valence-electron chi connectivity index (χ1n) is 9.53. The smallest absolute Gasteiger partial charge is 0.276 e. The molecule has 0 saturated carbocycles. The van der Waals surface area contributed by atoms with Crippen LogP contribution in [-0.4, -0.2) is 61.2 Å². The van der Waals surface area contributed by atoms with Gasteiger partial charge in [0.1, 0.15) is 11.4 Å². The summed E-state index contributed by atoms with van der Waals surface area (Å²) in [7, 11) is 3.08. The Kier molecular flexibility index (Phi) is 6.54. The highest BCUT2D eigenvalue weighted by molar-refractivity contribution is 5.94. The Labute approximate surface area is 169 Å². The van der Waals surface area contributed by atoms with Gasteiger partial charge in [0.15, 0.2) is 5.69 Å². The number of aryl methyl sites for hydroxylation is 1. The number of carbonyl (C=O) groups excluding carboxylic acids is 1. The normalized spacial score (nSPS) is 13.9. The van der Waals surface area contributed by atoms with Crippen LogP contribution in [0.5, 0.6) is 11.6 Å². The quantitative estimate of drug-likeness (QED) is 0.717. The molecule has 1 amide bonds. The molecule has 1 fully saturated rings. The van der Waals surface area contributed by atoms with E-state index in [2.05, 4.69) is 21.4 Å². The SMILES string of the molecule is C=CCCc1nc(OC)c(C(=O)N2CCN(c3cccc(OC)c3)CC2)[nH]c1=O. The molecule has 3 rings (SSSR count). The number of nitrogens with zero attached hydrogens (tertiary/aromatic N) is 3. The van der Waals surface area contributed by atoms with E-state index in [1.807, 2.05) is 24.3 Å². The van der Waals surface area contributed by atoms with Crippen molar-refractivity contribution in [3.8, 4) is 11.6 Å². The first-order valence-corrected chi connectivity index (χ1v) is 9.53. The molecule has 2 aromatic rings. The molecule has 0 bridgehead atoms. The maximum atomic E-state index is 13.0. The lowest BCUT2D eigenvalue weighted by Crippen LogP contribution is -2.49. The lowest BCUT2D eigenvalue weighted by atomic mass is 10.2. The highest BCUT2D eigenvalue weighted by atomic mass is 16.5. The second kappa shape index (κ2) is 9.27. The van der Waals surface area contributed by atoms with E-state index in [0.717, 1.165) is 11.4 Å². The maximum absolute atomic E-state index is 13.0. The number of piperazine rings is 1. The number of anilines is 1. The van der Waals surface area contributed by atoms with Crippen LogP contribution in [0.4, 0.5) is 5.69 Å². The summed E-state index contributed by atoms with van der Waals surface area (Å²) in [5.74, 6) is 0.654. The number of allylic oxidation sites excluding steroid dienone is 1. The highest BCUT2D eigenvalue weighted by Crippen LogP contribution is 2.23. The zero-order valence-corrected chi connectivity index (χ0v) is 16.8. The number of aromatic amines is 1. The predicted octanol–water partition coefficient (Wildman–Crippen LogP) is 1.87. The molecule has 0 aliphatic carbocycles. The highest BCUT2D eigenvalue weighted by Gasteiger charge is 2.26. The van der Waals surface area contributed by atoms with Gasteiger partial charge in [-0.2, -0.15) is 0 Å². The van der Waals surface area contributed by atoms with E-state index in [1.54, 1.807) is 18.1 Å². The number of benzene rings is 1. The summed E-state index contributed by atoms with van der Waals surface area (Å²) in [6.07, 6.45) is 2.79. The number of amides is 1. The van der Waals surface area contributed by atoms with Crippen LogP contribution < -0.4 is 19.9 Å². The van der Waals surface area contributed by atoms with Crippen molar-refractivity contribution in [3.63, 3.8) is 0 Å². The first kappa shape index (κ1) is 20.4. The van der Waals surface area contributed by atoms with Gasteiger partial charge in [0.2, 0.25) is 5.88 Å². The fraction of sp³-hybridized carbons (Fsp3) is 0.381. The van der Waals surface area contributed by atoms with E-state index < -0.39 is 0 Å². The van der Waals surface area contributed by atoms with Crippen molar-refractivity contribution in [3.05, 3.63) is 58.7 Å². The van der Waals surface area contributed by atoms with Gasteiger partial charge in [0.25, 0.3) is 11.5 Å². The molecule has 1 aliphatic rings. The van der Waals surface area contributed by atoms with Crippen molar-refractivity contribution in [1.29, 1.82) is 0 Å². The molecule has 29 heavy (non-hydrogen) atoms. The van der Waals surface area contributed by atoms with Crippen LogP contribution in [0.25, 0.3) is 0 Å². The molecule has 0 unspecified atom stereocenters. The van der Waals surface area contributed by atoms with Gasteiger partial charge in [0.05, 0.1) is 14.2 Å². The molecule has 1 aromatic carbocycles. The predicted molar refractivity (Wildman–Crippen MR) is 111 cm³/mol. The molecule has 8 heteroatoms. The van der Waals surface area contributed by atoms with E-state index >= 15 is 0 Å². The summed E-state index contributed by atoms with van der Waals surface area (Å²) < 4.78 is 10.6.